The normalized spacial score (nSPS) is 12.2. The molecule has 0 saturated heterocycles. The summed E-state index contributed by atoms with van der Waals surface area (Å²) in [5.41, 5.74) is 0. The molecule has 1 heterocycles. The third kappa shape index (κ3) is 5.65. The summed E-state index contributed by atoms with van der Waals surface area (Å²) in [6.07, 6.45) is 5.05. The monoisotopic (exact) mass is 284 g/mol. The minimum atomic E-state index is 0.244. The molecule has 0 aliphatic heterocycles. The van der Waals surface area contributed by atoms with Gasteiger partial charge in [0.15, 0.2) is 5.16 Å². The third-order valence-electron chi connectivity index (χ3n) is 2.95. The zero-order chi connectivity index (χ0) is 14.1. The van der Waals surface area contributed by atoms with Crippen molar-refractivity contribution in [1.82, 2.24) is 9.97 Å². The first kappa shape index (κ1) is 16.0. The summed E-state index contributed by atoms with van der Waals surface area (Å²) < 4.78 is 0. The number of hydrogen-bond acceptors (Lipinski definition) is 6. The third-order valence-corrected chi connectivity index (χ3v) is 3.50. The molecule has 1 rings (SSSR count). The first-order valence-corrected chi connectivity index (χ1v) is 7.91. The quantitative estimate of drug-likeness (QED) is 0.478. The Bertz CT molecular complexity index is 347. The second-order valence-electron chi connectivity index (χ2n) is 4.42. The van der Waals surface area contributed by atoms with E-state index in [-0.39, 0.29) is 6.61 Å². The van der Waals surface area contributed by atoms with Crippen molar-refractivity contribution in [1.29, 1.82) is 0 Å². The maximum atomic E-state index is 9.06. The van der Waals surface area contributed by atoms with Crippen molar-refractivity contribution in [2.75, 3.05) is 37.1 Å². The van der Waals surface area contributed by atoms with Crippen molar-refractivity contribution in [2.45, 2.75) is 31.3 Å². The molecule has 1 atom stereocenters. The number of thioether (sulfide) groups is 1. The van der Waals surface area contributed by atoms with Gasteiger partial charge in [0.25, 0.3) is 0 Å². The first-order valence-electron chi connectivity index (χ1n) is 6.69. The molecule has 5 nitrogen and oxygen atoms in total. The second-order valence-corrected chi connectivity index (χ2v) is 5.20. The maximum Gasteiger partial charge on any atom is 0.191 e. The summed E-state index contributed by atoms with van der Waals surface area (Å²) >= 11 is 1.53. The van der Waals surface area contributed by atoms with Crippen LogP contribution in [0.15, 0.2) is 11.2 Å². The average Bonchev–Trinajstić information content (AvgIpc) is 2.44. The van der Waals surface area contributed by atoms with E-state index in [9.17, 15) is 0 Å². The number of aliphatic hydroxyl groups is 1. The molecule has 1 unspecified atom stereocenters. The number of aliphatic hydroxyl groups excluding tert-OH is 1. The Morgan fingerprint density at radius 1 is 1.32 bits per heavy atom. The lowest BCUT2D eigenvalue weighted by molar-refractivity contribution is 0.255. The van der Waals surface area contributed by atoms with Crippen molar-refractivity contribution >= 4 is 23.4 Å². The zero-order valence-electron chi connectivity index (χ0n) is 11.9. The highest BCUT2D eigenvalue weighted by Crippen LogP contribution is 2.18. The van der Waals surface area contributed by atoms with Crippen LogP contribution in [0, 0.1) is 5.92 Å². The van der Waals surface area contributed by atoms with E-state index in [4.69, 9.17) is 5.11 Å². The molecule has 1 aromatic rings. The lowest BCUT2D eigenvalue weighted by Crippen LogP contribution is -2.16. The molecule has 0 bridgehead atoms. The fraction of sp³-hybridized carbons (Fsp3) is 0.692. The van der Waals surface area contributed by atoms with Gasteiger partial charge in [-0.25, -0.2) is 9.97 Å². The van der Waals surface area contributed by atoms with E-state index in [1.807, 2.05) is 19.4 Å². The van der Waals surface area contributed by atoms with Crippen molar-refractivity contribution in [3.8, 4) is 0 Å². The molecule has 0 radical (unpaired) electrons. The maximum absolute atomic E-state index is 9.06. The molecule has 108 valence electrons. The van der Waals surface area contributed by atoms with Crippen molar-refractivity contribution in [3.05, 3.63) is 6.07 Å². The Morgan fingerprint density at radius 3 is 2.63 bits per heavy atom. The van der Waals surface area contributed by atoms with E-state index in [1.165, 1.54) is 11.8 Å². The van der Waals surface area contributed by atoms with Gasteiger partial charge in [-0.1, -0.05) is 25.1 Å². The molecule has 3 N–H and O–H groups in total. The number of nitrogens with one attached hydrogen (secondary N) is 2. The van der Waals surface area contributed by atoms with Gasteiger partial charge in [0.1, 0.15) is 11.6 Å². The van der Waals surface area contributed by atoms with E-state index in [1.54, 1.807) is 0 Å². The van der Waals surface area contributed by atoms with Crippen LogP contribution >= 0.6 is 11.8 Å². The molecule has 0 spiro atoms. The number of aromatic nitrogens is 2. The predicted octanol–water partition coefficient (Wildman–Crippen LogP) is 2.45. The van der Waals surface area contributed by atoms with Gasteiger partial charge in [0, 0.05) is 26.3 Å². The molecule has 0 aliphatic rings. The molecular formula is C13H24N4OS. The Kier molecular flexibility index (Phi) is 7.59. The van der Waals surface area contributed by atoms with Crippen molar-refractivity contribution < 1.29 is 5.11 Å². The summed E-state index contributed by atoms with van der Waals surface area (Å²) in [6, 6.07) is 1.90. The first-order chi connectivity index (χ1) is 9.23. The van der Waals surface area contributed by atoms with Gasteiger partial charge in [0.05, 0.1) is 0 Å². The SMILES string of the molecule is CCCC(CCO)CNc1cc(NC)nc(SC)n1. The van der Waals surface area contributed by atoms with Crippen LogP contribution < -0.4 is 10.6 Å². The number of anilines is 2. The van der Waals surface area contributed by atoms with Crippen molar-refractivity contribution in [2.24, 2.45) is 5.92 Å². The predicted molar refractivity (Wildman–Crippen MR) is 82.0 cm³/mol. The van der Waals surface area contributed by atoms with Gasteiger partial charge in [-0.15, -0.1) is 0 Å². The molecule has 0 amide bonds. The highest BCUT2D eigenvalue weighted by Gasteiger charge is 2.08. The Balaban J connectivity index is 2.64. The van der Waals surface area contributed by atoms with Gasteiger partial charge in [-0.3, -0.25) is 0 Å². The molecule has 0 aliphatic carbocycles. The highest BCUT2D eigenvalue weighted by molar-refractivity contribution is 7.98. The topological polar surface area (TPSA) is 70.1 Å². The van der Waals surface area contributed by atoms with Gasteiger partial charge in [-0.05, 0) is 25.0 Å². The van der Waals surface area contributed by atoms with Crippen molar-refractivity contribution in [3.63, 3.8) is 0 Å². The number of rotatable bonds is 9. The fourth-order valence-electron chi connectivity index (χ4n) is 1.92. The molecule has 0 saturated carbocycles. The van der Waals surface area contributed by atoms with Crippen LogP contribution in [0.3, 0.4) is 0 Å². The molecule has 6 heteroatoms. The van der Waals surface area contributed by atoms with E-state index < -0.39 is 0 Å². The van der Waals surface area contributed by atoms with E-state index in [0.29, 0.717) is 5.92 Å². The lowest BCUT2D eigenvalue weighted by atomic mass is 10.0. The smallest absolute Gasteiger partial charge is 0.191 e. The largest absolute Gasteiger partial charge is 0.396 e. The molecule has 0 fully saturated rings. The minimum Gasteiger partial charge on any atom is -0.396 e. The molecule has 19 heavy (non-hydrogen) atoms. The lowest BCUT2D eigenvalue weighted by Gasteiger charge is -2.16. The summed E-state index contributed by atoms with van der Waals surface area (Å²) in [5, 5.41) is 16.2. The van der Waals surface area contributed by atoms with Crippen LogP contribution in [0.2, 0.25) is 0 Å². The van der Waals surface area contributed by atoms with Crippen LogP contribution in [0.25, 0.3) is 0 Å². The van der Waals surface area contributed by atoms with Crippen LogP contribution in [-0.2, 0) is 0 Å². The van der Waals surface area contributed by atoms with Gasteiger partial charge >= 0.3 is 0 Å². The standard InChI is InChI=1S/C13H24N4OS/c1-4-5-10(6-7-18)9-15-12-8-11(14-2)16-13(17-12)19-3/h8,10,18H,4-7,9H2,1-3H3,(H2,14,15,16,17). The zero-order valence-corrected chi connectivity index (χ0v) is 12.8. The van der Waals surface area contributed by atoms with Gasteiger partial charge in [0.2, 0.25) is 0 Å². The molecular weight excluding hydrogens is 260 g/mol. The summed E-state index contributed by atoms with van der Waals surface area (Å²) in [5.74, 6) is 2.14. The van der Waals surface area contributed by atoms with Crippen LogP contribution in [0.5, 0.6) is 0 Å². The van der Waals surface area contributed by atoms with Gasteiger partial charge < -0.3 is 15.7 Å². The minimum absolute atomic E-state index is 0.244. The fourth-order valence-corrected chi connectivity index (χ4v) is 2.30. The van der Waals surface area contributed by atoms with Gasteiger partial charge in [-0.2, -0.15) is 0 Å². The number of nitrogens with zero attached hydrogens (tertiary/aromatic N) is 2. The van der Waals surface area contributed by atoms with E-state index >= 15 is 0 Å². The average molecular weight is 284 g/mol. The summed E-state index contributed by atoms with van der Waals surface area (Å²) in [7, 11) is 1.85. The summed E-state index contributed by atoms with van der Waals surface area (Å²) in [6.45, 7) is 3.25. The Labute approximate surface area is 119 Å². The molecule has 0 aromatic carbocycles. The Hall–Kier alpha value is -1.01. The Morgan fingerprint density at radius 2 is 2.05 bits per heavy atom. The van der Waals surface area contributed by atoms with E-state index in [2.05, 4.69) is 27.5 Å². The second kappa shape index (κ2) is 8.98. The van der Waals surface area contributed by atoms with E-state index in [0.717, 1.165) is 42.6 Å². The molecule has 1 aromatic heterocycles. The summed E-state index contributed by atoms with van der Waals surface area (Å²) in [4.78, 5) is 8.76. The van der Waals surface area contributed by atoms with Crippen LogP contribution in [-0.4, -0.2) is 41.5 Å². The number of hydrogen-bond donors (Lipinski definition) is 3. The van der Waals surface area contributed by atoms with Crippen LogP contribution in [0.1, 0.15) is 26.2 Å². The van der Waals surface area contributed by atoms with Crippen LogP contribution in [0.4, 0.5) is 11.6 Å². The highest BCUT2D eigenvalue weighted by atomic mass is 32.2.